The van der Waals surface area contributed by atoms with Gasteiger partial charge in [-0.05, 0) is 68.1 Å². The van der Waals surface area contributed by atoms with Crippen LogP contribution in [0.3, 0.4) is 0 Å². The molecule has 11 heteroatoms. The highest BCUT2D eigenvalue weighted by molar-refractivity contribution is 5.82. The van der Waals surface area contributed by atoms with Crippen LogP contribution in [-0.2, 0) is 32.0 Å². The van der Waals surface area contributed by atoms with E-state index >= 15 is 4.39 Å². The van der Waals surface area contributed by atoms with E-state index in [1.807, 2.05) is 6.07 Å². The normalized spacial score (nSPS) is 19.1. The summed E-state index contributed by atoms with van der Waals surface area (Å²) in [5, 5.41) is 21.6. The number of hydrogen-bond acceptors (Lipinski definition) is 8. The highest BCUT2D eigenvalue weighted by atomic mass is 19.1. The van der Waals surface area contributed by atoms with Crippen LogP contribution < -0.4 is 10.1 Å². The topological polar surface area (TPSA) is 134 Å². The molecule has 2 aliphatic heterocycles. The van der Waals surface area contributed by atoms with E-state index in [9.17, 15) is 14.9 Å². The molecule has 2 aromatic rings. The highest BCUT2D eigenvalue weighted by Crippen LogP contribution is 2.39. The highest BCUT2D eigenvalue weighted by Gasteiger charge is 2.33. The predicted octanol–water partition coefficient (Wildman–Crippen LogP) is 3.85. The van der Waals surface area contributed by atoms with Gasteiger partial charge >= 0.3 is 6.09 Å². The molecule has 2 amide bonds. The maximum atomic E-state index is 15.2. The van der Waals surface area contributed by atoms with E-state index in [4.69, 9.17) is 24.2 Å². The summed E-state index contributed by atoms with van der Waals surface area (Å²) < 4.78 is 37.7. The third-order valence-electron chi connectivity index (χ3n) is 6.80. The zero-order chi connectivity index (χ0) is 29.7. The molecule has 3 atom stereocenters. The van der Waals surface area contributed by atoms with Crippen LogP contribution >= 0.6 is 0 Å². The molecule has 2 aromatic carbocycles. The van der Waals surface area contributed by atoms with Gasteiger partial charge in [-0.1, -0.05) is 6.07 Å². The van der Waals surface area contributed by atoms with Crippen molar-refractivity contribution in [1.82, 2.24) is 10.2 Å². The molecule has 2 heterocycles. The zero-order valence-corrected chi connectivity index (χ0v) is 23.5. The summed E-state index contributed by atoms with van der Waals surface area (Å²) in [7, 11) is 1.54. The number of hydrogen-bond donors (Lipinski definition) is 1. The van der Waals surface area contributed by atoms with Crippen LogP contribution in [0.5, 0.6) is 5.75 Å². The van der Waals surface area contributed by atoms with Gasteiger partial charge in [0.25, 0.3) is 5.91 Å². The lowest BCUT2D eigenvalue weighted by Gasteiger charge is -2.34. The molecular weight excluding hydrogens is 531 g/mol. The molecule has 0 bridgehead atoms. The molecule has 216 valence electrons. The molecule has 10 nitrogen and oxygen atoms in total. The average molecular weight is 565 g/mol. The van der Waals surface area contributed by atoms with E-state index in [0.29, 0.717) is 23.3 Å². The van der Waals surface area contributed by atoms with Gasteiger partial charge in [-0.25, -0.2) is 9.18 Å². The van der Waals surface area contributed by atoms with Gasteiger partial charge in [-0.2, -0.15) is 10.5 Å². The number of ether oxygens (including phenoxy) is 4. The fraction of sp³-hybridized carbons (Fsp3) is 0.467. The number of fused-ring (bicyclic) bond motifs is 3. The minimum absolute atomic E-state index is 0.104. The van der Waals surface area contributed by atoms with Crippen molar-refractivity contribution in [1.29, 1.82) is 10.5 Å². The number of nitrogens with zero attached hydrogens (tertiary/aromatic N) is 3. The molecule has 1 N–H and O–H groups in total. The third kappa shape index (κ3) is 7.31. The predicted molar refractivity (Wildman–Crippen MR) is 145 cm³/mol. The largest absolute Gasteiger partial charge is 0.488 e. The summed E-state index contributed by atoms with van der Waals surface area (Å²) in [5.74, 6) is -0.702. The standard InChI is InChI=1S/C30H33FN4O6/c1-30(2,3)41-29(37)35-15-22(38-4)7-8-39-27(16-35)28(36)34-21(14-33)10-19-11-26-24(12-25(19)31)23-6-5-18(13-32)9-20(23)17-40-26/h5-6,9,11-12,21-22,27H,7-8,10,15-17H2,1-4H3,(H,34,36)/t21?,22-,27-/m0/s1. The first-order chi connectivity index (χ1) is 19.5. The Balaban J connectivity index is 1.47. The molecular formula is C30H33FN4O6. The van der Waals surface area contributed by atoms with Gasteiger partial charge in [0, 0.05) is 19.1 Å². The van der Waals surface area contributed by atoms with Crippen molar-refractivity contribution < 1.29 is 32.9 Å². The van der Waals surface area contributed by atoms with Gasteiger partial charge in [0.2, 0.25) is 0 Å². The van der Waals surface area contributed by atoms with E-state index in [1.165, 1.54) is 24.1 Å². The Morgan fingerprint density at radius 1 is 1.20 bits per heavy atom. The fourth-order valence-corrected chi connectivity index (χ4v) is 4.73. The molecule has 0 radical (unpaired) electrons. The molecule has 41 heavy (non-hydrogen) atoms. The number of carbonyl (C=O) groups is 2. The molecule has 2 aliphatic rings. The van der Waals surface area contributed by atoms with Gasteiger partial charge < -0.3 is 29.2 Å². The average Bonchev–Trinajstić information content (AvgIpc) is 2.91. The maximum Gasteiger partial charge on any atom is 0.410 e. The molecule has 1 unspecified atom stereocenters. The Morgan fingerprint density at radius 2 is 1.98 bits per heavy atom. The van der Waals surface area contributed by atoms with E-state index in [-0.39, 0.29) is 44.4 Å². The third-order valence-corrected chi connectivity index (χ3v) is 6.80. The van der Waals surface area contributed by atoms with Crippen LogP contribution in [0.4, 0.5) is 9.18 Å². The van der Waals surface area contributed by atoms with E-state index in [1.54, 1.807) is 39.0 Å². The lowest BCUT2D eigenvalue weighted by molar-refractivity contribution is -0.137. The smallest absolute Gasteiger partial charge is 0.410 e. The summed E-state index contributed by atoms with van der Waals surface area (Å²) in [6.45, 7) is 5.77. The lowest BCUT2D eigenvalue weighted by atomic mass is 9.93. The number of halogens is 1. The second kappa shape index (κ2) is 12.5. The maximum absolute atomic E-state index is 15.2. The molecule has 0 aromatic heterocycles. The number of carbonyl (C=O) groups excluding carboxylic acids is 2. The number of nitrogens with one attached hydrogen (secondary N) is 1. The van der Waals surface area contributed by atoms with Crippen molar-refractivity contribution in [2.45, 2.75) is 64.1 Å². The summed E-state index contributed by atoms with van der Waals surface area (Å²) >= 11 is 0. The summed E-state index contributed by atoms with van der Waals surface area (Å²) in [6, 6.07) is 11.0. The first-order valence-electron chi connectivity index (χ1n) is 13.3. The van der Waals surface area contributed by atoms with Crippen molar-refractivity contribution in [2.24, 2.45) is 0 Å². The van der Waals surface area contributed by atoms with Crippen LogP contribution in [-0.4, -0.2) is 67.6 Å². The Morgan fingerprint density at radius 3 is 2.66 bits per heavy atom. The summed E-state index contributed by atoms with van der Waals surface area (Å²) in [5.41, 5.74) is 2.05. The van der Waals surface area contributed by atoms with Gasteiger partial charge in [-0.3, -0.25) is 4.79 Å². The SMILES string of the molecule is CO[C@H]1CCO[C@H](C(=O)NC(C#N)Cc2cc3c(cc2F)-c2ccc(C#N)cc2CO3)CN(C(=O)OC(C)(C)C)C1. The van der Waals surface area contributed by atoms with Crippen LogP contribution in [0.2, 0.25) is 0 Å². The Kier molecular flexibility index (Phi) is 9.11. The minimum atomic E-state index is -1.07. The van der Waals surface area contributed by atoms with Crippen LogP contribution in [0.25, 0.3) is 11.1 Å². The van der Waals surface area contributed by atoms with E-state index in [0.717, 1.165) is 11.1 Å². The van der Waals surface area contributed by atoms with Crippen molar-refractivity contribution >= 4 is 12.0 Å². The van der Waals surface area contributed by atoms with Crippen LogP contribution in [0.15, 0.2) is 30.3 Å². The lowest BCUT2D eigenvalue weighted by Crippen LogP contribution is -2.53. The van der Waals surface area contributed by atoms with Crippen molar-refractivity contribution in [3.8, 4) is 29.0 Å². The quantitative estimate of drug-likeness (QED) is 0.579. The van der Waals surface area contributed by atoms with Crippen molar-refractivity contribution in [3.05, 3.63) is 52.8 Å². The number of methoxy groups -OCH3 is 1. The molecule has 0 aliphatic carbocycles. The van der Waals surface area contributed by atoms with Crippen molar-refractivity contribution in [2.75, 3.05) is 26.8 Å². The summed E-state index contributed by atoms with van der Waals surface area (Å²) in [4.78, 5) is 27.4. The first kappa shape index (κ1) is 29.8. The Hall–Kier alpha value is -4.19. The molecule has 0 spiro atoms. The van der Waals surface area contributed by atoms with Crippen LogP contribution in [0.1, 0.15) is 43.9 Å². The van der Waals surface area contributed by atoms with Crippen molar-refractivity contribution in [3.63, 3.8) is 0 Å². The monoisotopic (exact) mass is 564 g/mol. The molecule has 4 rings (SSSR count). The number of nitriles is 2. The number of amides is 2. The fourth-order valence-electron chi connectivity index (χ4n) is 4.73. The number of rotatable bonds is 5. The molecule has 1 fully saturated rings. The van der Waals surface area contributed by atoms with Gasteiger partial charge in [0.1, 0.15) is 29.8 Å². The first-order valence-corrected chi connectivity index (χ1v) is 13.3. The molecule has 0 saturated carbocycles. The Bertz CT molecular complexity index is 1390. The van der Waals surface area contributed by atoms with Crippen LogP contribution in [0, 0.1) is 28.5 Å². The second-order valence-electron chi connectivity index (χ2n) is 11.0. The number of benzene rings is 2. The molecule has 1 saturated heterocycles. The van der Waals surface area contributed by atoms with Gasteiger partial charge in [0.15, 0.2) is 6.10 Å². The van der Waals surface area contributed by atoms with E-state index < -0.39 is 35.6 Å². The van der Waals surface area contributed by atoms with Gasteiger partial charge in [-0.15, -0.1) is 0 Å². The Labute approximate surface area is 238 Å². The summed E-state index contributed by atoms with van der Waals surface area (Å²) in [6.07, 6.45) is -1.64. The minimum Gasteiger partial charge on any atom is -0.488 e. The van der Waals surface area contributed by atoms with E-state index in [2.05, 4.69) is 11.4 Å². The second-order valence-corrected chi connectivity index (χ2v) is 11.0. The van der Waals surface area contributed by atoms with Gasteiger partial charge in [0.05, 0.1) is 43.5 Å². The zero-order valence-electron chi connectivity index (χ0n) is 23.5.